The highest BCUT2D eigenvalue weighted by Crippen LogP contribution is 2.01. The van der Waals surface area contributed by atoms with Crippen LogP contribution in [0.4, 0.5) is 0 Å². The van der Waals surface area contributed by atoms with Gasteiger partial charge >= 0.3 is 0 Å². The largest absolute Gasteiger partial charge is 0.369 e. The van der Waals surface area contributed by atoms with E-state index < -0.39 is 18.1 Å². The third-order valence-corrected chi connectivity index (χ3v) is 1.05. The standard InChI is InChI=1S/C5H11NO3/c1-3(5(6)9)2-4(7)8/h3-4,7-8H,2H2,1H3,(H2,6,9). The van der Waals surface area contributed by atoms with Crippen molar-refractivity contribution in [1.82, 2.24) is 0 Å². The molecule has 0 saturated carbocycles. The first kappa shape index (κ1) is 8.39. The molecule has 54 valence electrons. The Morgan fingerprint density at radius 2 is 2.11 bits per heavy atom. The summed E-state index contributed by atoms with van der Waals surface area (Å²) in [6, 6.07) is 0. The fourth-order valence-electron chi connectivity index (χ4n) is 0.432. The Morgan fingerprint density at radius 1 is 1.67 bits per heavy atom. The van der Waals surface area contributed by atoms with Gasteiger partial charge < -0.3 is 15.9 Å². The smallest absolute Gasteiger partial charge is 0.220 e. The van der Waals surface area contributed by atoms with Gasteiger partial charge in [0.15, 0.2) is 6.29 Å². The van der Waals surface area contributed by atoms with Gasteiger partial charge in [0, 0.05) is 12.3 Å². The molecule has 0 saturated heterocycles. The molecule has 4 nitrogen and oxygen atoms in total. The molecule has 0 aromatic heterocycles. The number of primary amides is 1. The van der Waals surface area contributed by atoms with E-state index in [1.54, 1.807) is 6.92 Å². The zero-order chi connectivity index (χ0) is 7.44. The SMILES string of the molecule is CC(CC(O)O)C(N)=O. The second-order valence-corrected chi connectivity index (χ2v) is 2.02. The van der Waals surface area contributed by atoms with Crippen molar-refractivity contribution >= 4 is 5.91 Å². The van der Waals surface area contributed by atoms with Crippen molar-refractivity contribution in [3.8, 4) is 0 Å². The van der Waals surface area contributed by atoms with E-state index in [4.69, 9.17) is 15.9 Å². The third kappa shape index (κ3) is 3.93. The van der Waals surface area contributed by atoms with Gasteiger partial charge in [0.2, 0.25) is 5.91 Å². The van der Waals surface area contributed by atoms with E-state index in [1.807, 2.05) is 0 Å². The van der Waals surface area contributed by atoms with Gasteiger partial charge in [0.1, 0.15) is 0 Å². The van der Waals surface area contributed by atoms with Crippen LogP contribution in [0.1, 0.15) is 13.3 Å². The number of aliphatic hydroxyl groups excluding tert-OH is 1. The monoisotopic (exact) mass is 133 g/mol. The molecule has 0 bridgehead atoms. The quantitative estimate of drug-likeness (QED) is 0.423. The summed E-state index contributed by atoms with van der Waals surface area (Å²) in [5.41, 5.74) is 4.82. The fourth-order valence-corrected chi connectivity index (χ4v) is 0.432. The number of nitrogens with two attached hydrogens (primary N) is 1. The minimum Gasteiger partial charge on any atom is -0.369 e. The van der Waals surface area contributed by atoms with Crippen LogP contribution in [0.2, 0.25) is 0 Å². The van der Waals surface area contributed by atoms with Crippen molar-refractivity contribution in [3.63, 3.8) is 0 Å². The van der Waals surface area contributed by atoms with E-state index in [0.29, 0.717) is 0 Å². The van der Waals surface area contributed by atoms with Crippen molar-refractivity contribution < 1.29 is 15.0 Å². The van der Waals surface area contributed by atoms with Crippen LogP contribution in [0.3, 0.4) is 0 Å². The van der Waals surface area contributed by atoms with Gasteiger partial charge in [0.05, 0.1) is 0 Å². The number of hydrogen-bond acceptors (Lipinski definition) is 3. The van der Waals surface area contributed by atoms with Gasteiger partial charge in [-0.2, -0.15) is 0 Å². The molecular formula is C5H11NO3. The highest BCUT2D eigenvalue weighted by atomic mass is 16.5. The summed E-state index contributed by atoms with van der Waals surface area (Å²) < 4.78 is 0. The summed E-state index contributed by atoms with van der Waals surface area (Å²) >= 11 is 0. The fraction of sp³-hybridized carbons (Fsp3) is 0.800. The van der Waals surface area contributed by atoms with E-state index in [9.17, 15) is 4.79 Å². The minimum absolute atomic E-state index is 0.00926. The maximum absolute atomic E-state index is 10.2. The first-order valence-electron chi connectivity index (χ1n) is 2.69. The van der Waals surface area contributed by atoms with Crippen LogP contribution in [0.15, 0.2) is 0 Å². The Hall–Kier alpha value is -0.610. The van der Waals surface area contributed by atoms with Crippen molar-refractivity contribution in [2.24, 2.45) is 11.7 Å². The molecular weight excluding hydrogens is 122 g/mol. The van der Waals surface area contributed by atoms with Gasteiger partial charge in [-0.3, -0.25) is 4.79 Å². The molecule has 9 heavy (non-hydrogen) atoms. The summed E-state index contributed by atoms with van der Waals surface area (Å²) in [6.07, 6.45) is -1.43. The third-order valence-electron chi connectivity index (χ3n) is 1.05. The topological polar surface area (TPSA) is 83.6 Å². The first-order chi connectivity index (χ1) is 4.04. The molecule has 4 heteroatoms. The normalized spacial score (nSPS) is 13.8. The summed E-state index contributed by atoms with van der Waals surface area (Å²) in [7, 11) is 0. The lowest BCUT2D eigenvalue weighted by molar-refractivity contribution is -0.125. The van der Waals surface area contributed by atoms with E-state index in [2.05, 4.69) is 0 Å². The lowest BCUT2D eigenvalue weighted by Crippen LogP contribution is -2.24. The van der Waals surface area contributed by atoms with E-state index >= 15 is 0 Å². The van der Waals surface area contributed by atoms with Crippen molar-refractivity contribution in [3.05, 3.63) is 0 Å². The lowest BCUT2D eigenvalue weighted by atomic mass is 10.1. The summed E-state index contributed by atoms with van der Waals surface area (Å²) in [6.45, 7) is 1.54. The minimum atomic E-state index is -1.44. The maximum Gasteiger partial charge on any atom is 0.220 e. The lowest BCUT2D eigenvalue weighted by Gasteiger charge is -2.06. The molecule has 1 unspecified atom stereocenters. The van der Waals surface area contributed by atoms with Crippen LogP contribution in [0.25, 0.3) is 0 Å². The van der Waals surface area contributed by atoms with Crippen molar-refractivity contribution in [2.75, 3.05) is 0 Å². The van der Waals surface area contributed by atoms with Gasteiger partial charge in [-0.1, -0.05) is 6.92 Å². The molecule has 4 N–H and O–H groups in total. The van der Waals surface area contributed by atoms with Crippen LogP contribution in [0, 0.1) is 5.92 Å². The summed E-state index contributed by atoms with van der Waals surface area (Å²) in [4.78, 5) is 10.2. The molecule has 1 amide bonds. The van der Waals surface area contributed by atoms with Crippen LogP contribution < -0.4 is 5.73 Å². The molecule has 0 aliphatic heterocycles. The maximum atomic E-state index is 10.2. The molecule has 0 aliphatic rings. The molecule has 0 rings (SSSR count). The number of hydrogen-bond donors (Lipinski definition) is 3. The van der Waals surface area contributed by atoms with E-state index in [1.165, 1.54) is 0 Å². The highest BCUT2D eigenvalue weighted by molar-refractivity contribution is 5.76. The van der Waals surface area contributed by atoms with Crippen molar-refractivity contribution in [1.29, 1.82) is 0 Å². The molecule has 0 spiro atoms. The number of amides is 1. The van der Waals surface area contributed by atoms with Crippen molar-refractivity contribution in [2.45, 2.75) is 19.6 Å². The van der Waals surface area contributed by atoms with Gasteiger partial charge in [0.25, 0.3) is 0 Å². The number of carbonyl (C=O) groups is 1. The van der Waals surface area contributed by atoms with E-state index in [-0.39, 0.29) is 6.42 Å². The van der Waals surface area contributed by atoms with Crippen LogP contribution in [0.5, 0.6) is 0 Å². The molecule has 0 heterocycles. The molecule has 0 radical (unpaired) electrons. The first-order valence-corrected chi connectivity index (χ1v) is 2.69. The van der Waals surface area contributed by atoms with Gasteiger partial charge in [-0.15, -0.1) is 0 Å². The second kappa shape index (κ2) is 3.42. The predicted octanol–water partition coefficient (Wildman–Crippen LogP) is -1.19. The number of carbonyl (C=O) groups excluding carboxylic acids is 1. The average Bonchev–Trinajstić information content (AvgIpc) is 1.63. The Bertz CT molecular complexity index is 102. The number of aliphatic hydroxyl groups is 2. The zero-order valence-electron chi connectivity index (χ0n) is 5.24. The zero-order valence-corrected chi connectivity index (χ0v) is 5.24. The highest BCUT2D eigenvalue weighted by Gasteiger charge is 2.11. The Morgan fingerprint density at radius 3 is 2.22 bits per heavy atom. The molecule has 1 atom stereocenters. The van der Waals surface area contributed by atoms with E-state index in [0.717, 1.165) is 0 Å². The Balaban J connectivity index is 3.50. The molecule has 0 aromatic rings. The Labute approximate surface area is 53.3 Å². The average molecular weight is 133 g/mol. The van der Waals surface area contributed by atoms with Gasteiger partial charge in [-0.25, -0.2) is 0 Å². The predicted molar refractivity (Wildman–Crippen MR) is 31.2 cm³/mol. The second-order valence-electron chi connectivity index (χ2n) is 2.02. The summed E-state index contributed by atoms with van der Waals surface area (Å²) in [5.74, 6) is -0.979. The van der Waals surface area contributed by atoms with Crippen LogP contribution >= 0.6 is 0 Å². The Kier molecular flexibility index (Phi) is 3.19. The van der Waals surface area contributed by atoms with Crippen LogP contribution in [-0.4, -0.2) is 22.4 Å². The molecule has 0 aliphatic carbocycles. The summed E-state index contributed by atoms with van der Waals surface area (Å²) in [5, 5.41) is 16.6. The van der Waals surface area contributed by atoms with Crippen LogP contribution in [-0.2, 0) is 4.79 Å². The molecule has 0 aromatic carbocycles. The number of rotatable bonds is 3. The molecule has 0 fully saturated rings. The van der Waals surface area contributed by atoms with Gasteiger partial charge in [-0.05, 0) is 0 Å².